The standard InChI is InChI=1S/C12H24N2O2S/c1-4-7-9-14(10-8-5-2)11(17)13-12(15)16-6-3/h4-10H2,1-3H3,(H,13,15,17). The van der Waals surface area contributed by atoms with Crippen molar-refractivity contribution in [3.05, 3.63) is 0 Å². The third-order valence-electron chi connectivity index (χ3n) is 2.33. The summed E-state index contributed by atoms with van der Waals surface area (Å²) < 4.78 is 4.81. The van der Waals surface area contributed by atoms with Gasteiger partial charge in [0.15, 0.2) is 5.11 Å². The molecule has 0 fully saturated rings. The zero-order chi connectivity index (χ0) is 13.1. The summed E-state index contributed by atoms with van der Waals surface area (Å²) in [5, 5.41) is 3.07. The Labute approximate surface area is 110 Å². The van der Waals surface area contributed by atoms with E-state index in [4.69, 9.17) is 17.0 Å². The SMILES string of the molecule is CCCCN(CCCC)C(=S)NC(=O)OCC. The predicted molar refractivity (Wildman–Crippen MR) is 74.1 cm³/mol. The molecular weight excluding hydrogens is 236 g/mol. The normalized spacial score (nSPS) is 9.82. The van der Waals surface area contributed by atoms with Gasteiger partial charge in [0.25, 0.3) is 0 Å². The maximum atomic E-state index is 11.3. The molecule has 0 heterocycles. The average Bonchev–Trinajstić information content (AvgIpc) is 2.29. The first kappa shape index (κ1) is 16.2. The van der Waals surface area contributed by atoms with Gasteiger partial charge in [0.05, 0.1) is 6.61 Å². The molecular formula is C12H24N2O2S. The zero-order valence-corrected chi connectivity index (χ0v) is 11.9. The molecule has 0 bridgehead atoms. The number of amides is 1. The Balaban J connectivity index is 4.15. The lowest BCUT2D eigenvalue weighted by molar-refractivity contribution is 0.156. The molecule has 100 valence electrons. The van der Waals surface area contributed by atoms with Crippen LogP contribution in [0.1, 0.15) is 46.5 Å². The van der Waals surface area contributed by atoms with E-state index in [0.29, 0.717) is 11.7 Å². The van der Waals surface area contributed by atoms with Crippen LogP contribution in [-0.4, -0.2) is 35.8 Å². The summed E-state index contributed by atoms with van der Waals surface area (Å²) in [4.78, 5) is 13.3. The lowest BCUT2D eigenvalue weighted by Gasteiger charge is -2.24. The first-order valence-corrected chi connectivity index (χ1v) is 6.79. The molecule has 1 amide bonds. The summed E-state index contributed by atoms with van der Waals surface area (Å²) in [6.45, 7) is 8.19. The molecule has 0 saturated heterocycles. The molecule has 0 aliphatic rings. The highest BCUT2D eigenvalue weighted by Crippen LogP contribution is 2.00. The minimum atomic E-state index is -0.463. The van der Waals surface area contributed by atoms with E-state index < -0.39 is 6.09 Å². The van der Waals surface area contributed by atoms with Gasteiger partial charge in [0.1, 0.15) is 0 Å². The summed E-state index contributed by atoms with van der Waals surface area (Å²) in [6, 6.07) is 0. The van der Waals surface area contributed by atoms with Crippen molar-refractivity contribution in [1.82, 2.24) is 10.2 Å². The molecule has 0 aliphatic carbocycles. The Bertz CT molecular complexity index is 227. The molecule has 0 aromatic rings. The minimum absolute atomic E-state index is 0.359. The highest BCUT2D eigenvalue weighted by atomic mass is 32.1. The molecule has 17 heavy (non-hydrogen) atoms. The van der Waals surface area contributed by atoms with Gasteiger partial charge in [0.2, 0.25) is 0 Å². The van der Waals surface area contributed by atoms with Crippen LogP contribution in [0.15, 0.2) is 0 Å². The quantitative estimate of drug-likeness (QED) is 0.715. The van der Waals surface area contributed by atoms with Gasteiger partial charge < -0.3 is 9.64 Å². The van der Waals surface area contributed by atoms with E-state index in [0.717, 1.165) is 38.8 Å². The summed E-state index contributed by atoms with van der Waals surface area (Å²) in [6.07, 6.45) is 3.92. The van der Waals surface area contributed by atoms with Crippen molar-refractivity contribution in [3.63, 3.8) is 0 Å². The first-order valence-electron chi connectivity index (χ1n) is 6.38. The Hall–Kier alpha value is -0.840. The molecule has 1 N–H and O–H groups in total. The average molecular weight is 260 g/mol. The Kier molecular flexibility index (Phi) is 9.81. The predicted octanol–water partition coefficient (Wildman–Crippen LogP) is 2.92. The zero-order valence-electron chi connectivity index (χ0n) is 11.1. The van der Waals surface area contributed by atoms with E-state index in [1.165, 1.54) is 0 Å². The number of unbranched alkanes of at least 4 members (excludes halogenated alkanes) is 2. The topological polar surface area (TPSA) is 41.6 Å². The van der Waals surface area contributed by atoms with Crippen molar-refractivity contribution in [3.8, 4) is 0 Å². The van der Waals surface area contributed by atoms with Crippen LogP contribution < -0.4 is 5.32 Å². The monoisotopic (exact) mass is 260 g/mol. The van der Waals surface area contributed by atoms with E-state index in [9.17, 15) is 4.79 Å². The molecule has 0 atom stereocenters. The van der Waals surface area contributed by atoms with Crippen molar-refractivity contribution in [2.75, 3.05) is 19.7 Å². The first-order chi connectivity index (χ1) is 8.15. The van der Waals surface area contributed by atoms with Crippen LogP contribution in [0.2, 0.25) is 0 Å². The van der Waals surface area contributed by atoms with Gasteiger partial charge in [0, 0.05) is 13.1 Å². The fraction of sp³-hybridized carbons (Fsp3) is 0.833. The molecule has 0 spiro atoms. The van der Waals surface area contributed by atoms with E-state index in [1.807, 2.05) is 4.90 Å². The second-order valence-corrected chi connectivity index (χ2v) is 4.23. The molecule has 0 unspecified atom stereocenters. The fourth-order valence-electron chi connectivity index (χ4n) is 1.35. The third-order valence-corrected chi connectivity index (χ3v) is 2.70. The molecule has 0 aromatic carbocycles. The number of thiocarbonyl (C=S) groups is 1. The van der Waals surface area contributed by atoms with E-state index in [-0.39, 0.29) is 0 Å². The summed E-state index contributed by atoms with van der Waals surface area (Å²) in [5.74, 6) is 0. The molecule has 0 saturated carbocycles. The van der Waals surface area contributed by atoms with E-state index in [1.54, 1.807) is 6.92 Å². The summed E-state index contributed by atoms with van der Waals surface area (Å²) in [7, 11) is 0. The largest absolute Gasteiger partial charge is 0.450 e. The van der Waals surface area contributed by atoms with Gasteiger partial charge in [-0.15, -0.1) is 0 Å². The van der Waals surface area contributed by atoms with Crippen LogP contribution in [0.25, 0.3) is 0 Å². The third kappa shape index (κ3) is 7.96. The Morgan fingerprint density at radius 2 is 1.71 bits per heavy atom. The number of nitrogens with one attached hydrogen (secondary N) is 1. The van der Waals surface area contributed by atoms with Crippen molar-refractivity contribution in [2.24, 2.45) is 0 Å². The van der Waals surface area contributed by atoms with Crippen molar-refractivity contribution in [2.45, 2.75) is 46.5 Å². The van der Waals surface area contributed by atoms with Crippen molar-refractivity contribution >= 4 is 23.4 Å². The summed E-state index contributed by atoms with van der Waals surface area (Å²) in [5.41, 5.74) is 0. The highest BCUT2D eigenvalue weighted by Gasteiger charge is 2.11. The molecule has 4 nitrogen and oxygen atoms in total. The van der Waals surface area contributed by atoms with Gasteiger partial charge in [-0.25, -0.2) is 4.79 Å². The van der Waals surface area contributed by atoms with Crippen LogP contribution in [0, 0.1) is 0 Å². The van der Waals surface area contributed by atoms with E-state index in [2.05, 4.69) is 19.2 Å². The van der Waals surface area contributed by atoms with E-state index >= 15 is 0 Å². The molecule has 0 rings (SSSR count). The second kappa shape index (κ2) is 10.3. The Morgan fingerprint density at radius 3 is 2.12 bits per heavy atom. The number of carbonyl (C=O) groups excluding carboxylic acids is 1. The van der Waals surface area contributed by atoms with Gasteiger partial charge in [-0.05, 0) is 32.0 Å². The number of alkyl carbamates (subject to hydrolysis) is 1. The number of carbonyl (C=O) groups is 1. The van der Waals surface area contributed by atoms with Crippen LogP contribution in [-0.2, 0) is 4.74 Å². The fourth-order valence-corrected chi connectivity index (χ4v) is 1.61. The summed E-state index contributed by atoms with van der Waals surface area (Å²) >= 11 is 5.21. The number of rotatable bonds is 7. The van der Waals surface area contributed by atoms with Gasteiger partial charge in [-0.1, -0.05) is 26.7 Å². The number of nitrogens with zero attached hydrogens (tertiary/aromatic N) is 1. The molecule has 0 aromatic heterocycles. The van der Waals surface area contributed by atoms with Gasteiger partial charge in [-0.2, -0.15) is 0 Å². The molecule has 5 heteroatoms. The smallest absolute Gasteiger partial charge is 0.413 e. The number of hydrogen-bond acceptors (Lipinski definition) is 3. The Morgan fingerprint density at radius 1 is 1.18 bits per heavy atom. The lowest BCUT2D eigenvalue weighted by atomic mass is 10.3. The number of hydrogen-bond donors (Lipinski definition) is 1. The maximum absolute atomic E-state index is 11.3. The van der Waals surface area contributed by atoms with Crippen LogP contribution in [0.3, 0.4) is 0 Å². The van der Waals surface area contributed by atoms with Crippen molar-refractivity contribution < 1.29 is 9.53 Å². The van der Waals surface area contributed by atoms with Gasteiger partial charge in [-0.3, -0.25) is 5.32 Å². The highest BCUT2D eigenvalue weighted by molar-refractivity contribution is 7.80. The van der Waals surface area contributed by atoms with Gasteiger partial charge >= 0.3 is 6.09 Å². The minimum Gasteiger partial charge on any atom is -0.450 e. The second-order valence-electron chi connectivity index (χ2n) is 3.84. The molecule has 0 radical (unpaired) electrons. The lowest BCUT2D eigenvalue weighted by Crippen LogP contribution is -2.43. The van der Waals surface area contributed by atoms with Crippen LogP contribution in [0.4, 0.5) is 4.79 Å². The maximum Gasteiger partial charge on any atom is 0.413 e. The van der Waals surface area contributed by atoms with Crippen molar-refractivity contribution in [1.29, 1.82) is 0 Å². The number of ether oxygens (including phenoxy) is 1. The van der Waals surface area contributed by atoms with Crippen LogP contribution in [0.5, 0.6) is 0 Å². The molecule has 0 aliphatic heterocycles. The van der Waals surface area contributed by atoms with Crippen LogP contribution >= 0.6 is 12.2 Å².